The van der Waals surface area contributed by atoms with E-state index in [4.69, 9.17) is 5.73 Å². The van der Waals surface area contributed by atoms with Crippen LogP contribution in [-0.2, 0) is 0 Å². The zero-order valence-electron chi connectivity index (χ0n) is 9.01. The Balaban J connectivity index is 2.12. The van der Waals surface area contributed by atoms with Crippen LogP contribution in [0.25, 0.3) is 0 Å². The fourth-order valence-corrected chi connectivity index (χ4v) is 2.29. The first-order valence-electron chi connectivity index (χ1n) is 5.45. The summed E-state index contributed by atoms with van der Waals surface area (Å²) < 4.78 is 0. The summed E-state index contributed by atoms with van der Waals surface area (Å²) >= 11 is 0. The zero-order valence-corrected chi connectivity index (χ0v) is 9.01. The van der Waals surface area contributed by atoms with Crippen molar-refractivity contribution >= 4 is 0 Å². The monoisotopic (exact) mass is 193 g/mol. The van der Waals surface area contributed by atoms with Gasteiger partial charge in [0.2, 0.25) is 0 Å². The molecule has 78 valence electrons. The fraction of sp³-hybridized carbons (Fsp3) is 0.727. The van der Waals surface area contributed by atoms with Gasteiger partial charge >= 0.3 is 0 Å². The van der Waals surface area contributed by atoms with E-state index in [1.165, 1.54) is 29.8 Å². The number of nitrogens with two attached hydrogens (primary N) is 1. The van der Waals surface area contributed by atoms with Crippen LogP contribution in [0.2, 0.25) is 0 Å². The number of nitrogens with zero attached hydrogens (tertiary/aromatic N) is 1. The van der Waals surface area contributed by atoms with Crippen LogP contribution >= 0.6 is 0 Å². The van der Waals surface area contributed by atoms with Crippen molar-refractivity contribution in [3.8, 4) is 0 Å². The van der Waals surface area contributed by atoms with Crippen molar-refractivity contribution in [1.29, 1.82) is 0 Å². The van der Waals surface area contributed by atoms with Gasteiger partial charge in [-0.1, -0.05) is 0 Å². The van der Waals surface area contributed by atoms with Gasteiger partial charge in [0.05, 0.1) is 5.69 Å². The molecule has 0 saturated heterocycles. The Morgan fingerprint density at radius 2 is 1.86 bits per heavy atom. The van der Waals surface area contributed by atoms with E-state index in [9.17, 15) is 0 Å². The second kappa shape index (κ2) is 3.73. The predicted octanol–water partition coefficient (Wildman–Crippen LogP) is 2.01. The molecule has 1 aromatic heterocycles. The lowest BCUT2D eigenvalue weighted by Crippen LogP contribution is -2.26. The summed E-state index contributed by atoms with van der Waals surface area (Å²) in [6.07, 6.45) is 4.70. The van der Waals surface area contributed by atoms with Crippen LogP contribution in [0.5, 0.6) is 0 Å². The Hall–Kier alpha value is -0.830. The van der Waals surface area contributed by atoms with Gasteiger partial charge in [-0.2, -0.15) is 5.10 Å². The van der Waals surface area contributed by atoms with Crippen molar-refractivity contribution in [2.45, 2.75) is 51.5 Å². The van der Waals surface area contributed by atoms with E-state index in [2.05, 4.69) is 24.0 Å². The molecule has 0 bridgehead atoms. The molecular weight excluding hydrogens is 174 g/mol. The molecule has 3 nitrogen and oxygen atoms in total. The van der Waals surface area contributed by atoms with E-state index in [0.717, 1.165) is 12.8 Å². The third-order valence-electron chi connectivity index (χ3n) is 3.45. The van der Waals surface area contributed by atoms with Gasteiger partial charge in [-0.05, 0) is 45.1 Å². The molecule has 1 aliphatic carbocycles. The van der Waals surface area contributed by atoms with Gasteiger partial charge < -0.3 is 5.73 Å². The van der Waals surface area contributed by atoms with Crippen molar-refractivity contribution < 1.29 is 0 Å². The van der Waals surface area contributed by atoms with Gasteiger partial charge in [0.1, 0.15) is 0 Å². The minimum absolute atomic E-state index is 0.423. The van der Waals surface area contributed by atoms with Gasteiger partial charge in [-0.15, -0.1) is 0 Å². The van der Waals surface area contributed by atoms with Crippen LogP contribution in [0, 0.1) is 13.8 Å². The summed E-state index contributed by atoms with van der Waals surface area (Å²) in [7, 11) is 0. The number of H-pyrrole nitrogens is 1. The number of aromatic nitrogens is 2. The van der Waals surface area contributed by atoms with Gasteiger partial charge in [0.15, 0.2) is 0 Å². The highest BCUT2D eigenvalue weighted by atomic mass is 15.1. The molecule has 0 aliphatic heterocycles. The lowest BCUT2D eigenvalue weighted by atomic mass is 9.83. The second-order valence-electron chi connectivity index (χ2n) is 4.47. The van der Waals surface area contributed by atoms with Crippen molar-refractivity contribution in [1.82, 2.24) is 10.2 Å². The largest absolute Gasteiger partial charge is 0.328 e. The topological polar surface area (TPSA) is 54.7 Å². The molecule has 1 heterocycles. The third-order valence-corrected chi connectivity index (χ3v) is 3.45. The van der Waals surface area contributed by atoms with Crippen LogP contribution in [0.15, 0.2) is 0 Å². The maximum absolute atomic E-state index is 5.89. The number of aryl methyl sites for hydroxylation is 1. The molecule has 2 rings (SSSR count). The summed E-state index contributed by atoms with van der Waals surface area (Å²) in [5.74, 6) is 0.639. The van der Waals surface area contributed by atoms with E-state index in [0.29, 0.717) is 12.0 Å². The van der Waals surface area contributed by atoms with Crippen LogP contribution < -0.4 is 5.73 Å². The minimum atomic E-state index is 0.423. The van der Waals surface area contributed by atoms with Crippen LogP contribution in [0.3, 0.4) is 0 Å². The Kier molecular flexibility index (Phi) is 2.59. The average molecular weight is 193 g/mol. The molecule has 1 fully saturated rings. The Labute approximate surface area is 85.1 Å². The Morgan fingerprint density at radius 1 is 1.21 bits per heavy atom. The molecule has 1 aliphatic rings. The van der Waals surface area contributed by atoms with E-state index in [1.807, 2.05) is 0 Å². The highest BCUT2D eigenvalue weighted by Gasteiger charge is 2.23. The summed E-state index contributed by atoms with van der Waals surface area (Å²) in [6, 6.07) is 0.423. The Bertz CT molecular complexity index is 308. The summed E-state index contributed by atoms with van der Waals surface area (Å²) in [5.41, 5.74) is 9.70. The van der Waals surface area contributed by atoms with E-state index < -0.39 is 0 Å². The van der Waals surface area contributed by atoms with Crippen molar-refractivity contribution in [3.63, 3.8) is 0 Å². The normalized spacial score (nSPS) is 27.9. The van der Waals surface area contributed by atoms with Gasteiger partial charge in [-0.3, -0.25) is 5.10 Å². The first kappa shape index (κ1) is 9.71. The molecule has 1 aromatic rings. The summed E-state index contributed by atoms with van der Waals surface area (Å²) in [6.45, 7) is 4.24. The number of hydrogen-bond acceptors (Lipinski definition) is 2. The van der Waals surface area contributed by atoms with Gasteiger partial charge in [0, 0.05) is 17.7 Å². The van der Waals surface area contributed by atoms with Crippen LogP contribution in [-0.4, -0.2) is 16.2 Å². The molecular formula is C11H19N3. The minimum Gasteiger partial charge on any atom is -0.328 e. The highest BCUT2D eigenvalue weighted by molar-refractivity contribution is 5.25. The van der Waals surface area contributed by atoms with Gasteiger partial charge in [0.25, 0.3) is 0 Å². The van der Waals surface area contributed by atoms with Gasteiger partial charge in [-0.25, -0.2) is 0 Å². The number of aromatic amines is 1. The molecule has 0 spiro atoms. The molecule has 0 amide bonds. The molecule has 0 aromatic carbocycles. The van der Waals surface area contributed by atoms with E-state index in [-0.39, 0.29) is 0 Å². The molecule has 3 heteroatoms. The molecule has 3 N–H and O–H groups in total. The molecule has 0 unspecified atom stereocenters. The SMILES string of the molecule is Cc1[nH]nc(C2CCC(N)CC2)c1C. The standard InChI is InChI=1S/C11H19N3/c1-7-8(2)13-14-11(7)9-3-5-10(12)6-4-9/h9-10H,3-6,12H2,1-2H3,(H,13,14). The highest BCUT2D eigenvalue weighted by Crippen LogP contribution is 2.33. The van der Waals surface area contributed by atoms with Crippen LogP contribution in [0.4, 0.5) is 0 Å². The fourth-order valence-electron chi connectivity index (χ4n) is 2.29. The number of hydrogen-bond donors (Lipinski definition) is 2. The quantitative estimate of drug-likeness (QED) is 0.717. The summed E-state index contributed by atoms with van der Waals surface area (Å²) in [5, 5.41) is 7.46. The smallest absolute Gasteiger partial charge is 0.0684 e. The van der Waals surface area contributed by atoms with E-state index >= 15 is 0 Å². The first-order chi connectivity index (χ1) is 6.68. The lowest BCUT2D eigenvalue weighted by Gasteiger charge is -2.25. The predicted molar refractivity (Wildman–Crippen MR) is 57.2 cm³/mol. The molecule has 0 atom stereocenters. The van der Waals surface area contributed by atoms with Crippen molar-refractivity contribution in [3.05, 3.63) is 17.0 Å². The van der Waals surface area contributed by atoms with Crippen molar-refractivity contribution in [2.75, 3.05) is 0 Å². The first-order valence-corrected chi connectivity index (χ1v) is 5.45. The summed E-state index contributed by atoms with van der Waals surface area (Å²) in [4.78, 5) is 0. The molecule has 1 saturated carbocycles. The maximum Gasteiger partial charge on any atom is 0.0684 e. The molecule has 0 radical (unpaired) electrons. The Morgan fingerprint density at radius 3 is 2.36 bits per heavy atom. The third kappa shape index (κ3) is 1.69. The zero-order chi connectivity index (χ0) is 10.1. The number of rotatable bonds is 1. The van der Waals surface area contributed by atoms with Crippen LogP contribution in [0.1, 0.15) is 48.6 Å². The van der Waals surface area contributed by atoms with Crippen molar-refractivity contribution in [2.24, 2.45) is 5.73 Å². The van der Waals surface area contributed by atoms with E-state index in [1.54, 1.807) is 0 Å². The maximum atomic E-state index is 5.89. The number of nitrogens with one attached hydrogen (secondary N) is 1. The lowest BCUT2D eigenvalue weighted by molar-refractivity contribution is 0.389. The molecule has 14 heavy (non-hydrogen) atoms. The second-order valence-corrected chi connectivity index (χ2v) is 4.47. The average Bonchev–Trinajstić information content (AvgIpc) is 2.50.